The molecule has 0 radical (unpaired) electrons. The molecular formula is C22H34ClN3O3S. The number of rotatable bonds is 7. The van der Waals surface area contributed by atoms with Crippen LogP contribution in [0.1, 0.15) is 53.4 Å². The van der Waals surface area contributed by atoms with Gasteiger partial charge < -0.3 is 4.90 Å². The van der Waals surface area contributed by atoms with Crippen LogP contribution in [0.25, 0.3) is 0 Å². The third-order valence-corrected chi connectivity index (χ3v) is 8.54. The van der Waals surface area contributed by atoms with Crippen molar-refractivity contribution in [1.82, 2.24) is 14.5 Å². The number of piperidine rings is 1. The van der Waals surface area contributed by atoms with Gasteiger partial charge in [-0.25, -0.2) is 8.42 Å². The summed E-state index contributed by atoms with van der Waals surface area (Å²) in [5, 5.41) is 4.03. The van der Waals surface area contributed by atoms with Crippen LogP contribution in [0.3, 0.4) is 0 Å². The quantitative estimate of drug-likeness (QED) is 0.680. The van der Waals surface area contributed by atoms with Gasteiger partial charge in [-0.1, -0.05) is 51.8 Å². The Morgan fingerprint density at radius 1 is 1.23 bits per heavy atom. The second kappa shape index (κ2) is 9.15. The van der Waals surface area contributed by atoms with Gasteiger partial charge in [-0.3, -0.25) is 10.1 Å². The van der Waals surface area contributed by atoms with Crippen LogP contribution in [0.5, 0.6) is 0 Å². The van der Waals surface area contributed by atoms with E-state index in [2.05, 4.69) is 33.0 Å². The predicted octanol–water partition coefficient (Wildman–Crippen LogP) is 3.71. The number of halogens is 1. The number of hydrogen-bond donors (Lipinski definition) is 1. The molecule has 3 rings (SSSR count). The maximum absolute atomic E-state index is 13.2. The van der Waals surface area contributed by atoms with Gasteiger partial charge in [-0.15, -0.1) is 0 Å². The van der Waals surface area contributed by atoms with E-state index in [1.165, 1.54) is 10.4 Å². The molecule has 8 heteroatoms. The van der Waals surface area contributed by atoms with Crippen molar-refractivity contribution in [3.05, 3.63) is 29.3 Å². The summed E-state index contributed by atoms with van der Waals surface area (Å²) in [6, 6.07) is 6.21. The first-order valence-electron chi connectivity index (χ1n) is 10.9. The average Bonchev–Trinajstić information content (AvgIpc) is 2.93. The predicted molar refractivity (Wildman–Crippen MR) is 120 cm³/mol. The van der Waals surface area contributed by atoms with Crippen molar-refractivity contribution in [2.75, 3.05) is 19.6 Å². The molecule has 168 valence electrons. The third-order valence-electron chi connectivity index (χ3n) is 6.41. The Labute approximate surface area is 186 Å². The minimum atomic E-state index is -3.60. The number of nitrogens with one attached hydrogen (secondary N) is 1. The minimum absolute atomic E-state index is 0.162. The van der Waals surface area contributed by atoms with Gasteiger partial charge in [0.2, 0.25) is 15.9 Å². The molecule has 1 N–H and O–H groups in total. The molecule has 1 amide bonds. The molecule has 0 bridgehead atoms. The highest BCUT2D eigenvalue weighted by Gasteiger charge is 2.52. The van der Waals surface area contributed by atoms with E-state index in [4.69, 9.17) is 11.6 Å². The first-order valence-corrected chi connectivity index (χ1v) is 12.8. The van der Waals surface area contributed by atoms with Crippen molar-refractivity contribution in [1.29, 1.82) is 0 Å². The lowest BCUT2D eigenvalue weighted by atomic mass is 9.95. The van der Waals surface area contributed by atoms with Crippen LogP contribution in [-0.2, 0) is 14.8 Å². The largest absolute Gasteiger partial charge is 0.323 e. The summed E-state index contributed by atoms with van der Waals surface area (Å²) in [5.74, 6) is 0.976. The first-order chi connectivity index (χ1) is 14.1. The van der Waals surface area contributed by atoms with Crippen LogP contribution in [0.4, 0.5) is 0 Å². The zero-order chi connectivity index (χ0) is 22.1. The van der Waals surface area contributed by atoms with E-state index >= 15 is 0 Å². The Morgan fingerprint density at radius 3 is 2.47 bits per heavy atom. The highest BCUT2D eigenvalue weighted by atomic mass is 35.5. The molecule has 0 unspecified atom stereocenters. The summed E-state index contributed by atoms with van der Waals surface area (Å²) >= 11 is 6.01. The monoisotopic (exact) mass is 455 g/mol. The van der Waals surface area contributed by atoms with Crippen molar-refractivity contribution >= 4 is 27.5 Å². The first kappa shape index (κ1) is 23.5. The number of hydrogen-bond acceptors (Lipinski definition) is 4. The molecular weight excluding hydrogens is 422 g/mol. The lowest BCUT2D eigenvalue weighted by Gasteiger charge is -2.45. The van der Waals surface area contributed by atoms with Gasteiger partial charge in [0.05, 0.1) is 16.6 Å². The van der Waals surface area contributed by atoms with Gasteiger partial charge in [0.25, 0.3) is 0 Å². The van der Waals surface area contributed by atoms with Gasteiger partial charge in [0.15, 0.2) is 0 Å². The van der Waals surface area contributed by atoms with Crippen LogP contribution >= 0.6 is 11.6 Å². The number of carbonyl (C=O) groups is 1. The van der Waals surface area contributed by atoms with Gasteiger partial charge >= 0.3 is 0 Å². The number of nitrogens with zero attached hydrogens (tertiary/aromatic N) is 2. The Hall–Kier alpha value is -1.15. The number of amides is 1. The van der Waals surface area contributed by atoms with Crippen LogP contribution in [-0.4, -0.2) is 54.9 Å². The summed E-state index contributed by atoms with van der Waals surface area (Å²) in [7, 11) is -3.60. The molecule has 0 aromatic heterocycles. The van der Waals surface area contributed by atoms with Crippen molar-refractivity contribution in [3.63, 3.8) is 0 Å². The molecule has 2 aliphatic rings. The van der Waals surface area contributed by atoms with E-state index in [1.54, 1.807) is 18.2 Å². The maximum Gasteiger partial charge on any atom is 0.243 e. The van der Waals surface area contributed by atoms with E-state index in [-0.39, 0.29) is 16.8 Å². The fourth-order valence-corrected chi connectivity index (χ4v) is 6.23. The highest BCUT2D eigenvalue weighted by molar-refractivity contribution is 7.89. The fraction of sp³-hybridized carbons (Fsp3) is 0.682. The Bertz CT molecular complexity index is 866. The van der Waals surface area contributed by atoms with Crippen LogP contribution in [0, 0.1) is 11.8 Å². The third kappa shape index (κ3) is 4.69. The van der Waals surface area contributed by atoms with Gasteiger partial charge in [0.1, 0.15) is 0 Å². The number of sulfonamides is 1. The molecule has 6 nitrogen and oxygen atoms in total. The lowest BCUT2D eigenvalue weighted by Crippen LogP contribution is -2.60. The van der Waals surface area contributed by atoms with Crippen molar-refractivity contribution < 1.29 is 13.2 Å². The highest BCUT2D eigenvalue weighted by Crippen LogP contribution is 2.36. The van der Waals surface area contributed by atoms with Gasteiger partial charge in [0, 0.05) is 24.7 Å². The van der Waals surface area contributed by atoms with Crippen molar-refractivity contribution in [2.24, 2.45) is 11.8 Å². The molecule has 1 aromatic carbocycles. The fourth-order valence-electron chi connectivity index (χ4n) is 4.49. The molecule has 30 heavy (non-hydrogen) atoms. The summed E-state index contributed by atoms with van der Waals surface area (Å²) in [5.41, 5.74) is -0.458. The van der Waals surface area contributed by atoms with Crippen LogP contribution in [0.15, 0.2) is 29.2 Å². The van der Waals surface area contributed by atoms with Crippen molar-refractivity contribution in [3.8, 4) is 0 Å². The molecule has 2 aliphatic heterocycles. The smallest absolute Gasteiger partial charge is 0.243 e. The number of carbonyl (C=O) groups excluding carboxylic acids is 1. The van der Waals surface area contributed by atoms with E-state index in [0.29, 0.717) is 49.3 Å². The van der Waals surface area contributed by atoms with Crippen LogP contribution < -0.4 is 5.32 Å². The van der Waals surface area contributed by atoms with E-state index in [1.807, 2.05) is 4.90 Å². The second-order valence-corrected chi connectivity index (χ2v) is 11.6. The Kier molecular flexibility index (Phi) is 7.17. The Balaban J connectivity index is 1.80. The lowest BCUT2D eigenvalue weighted by molar-refractivity contribution is -0.134. The summed E-state index contributed by atoms with van der Waals surface area (Å²) < 4.78 is 27.7. The minimum Gasteiger partial charge on any atom is -0.323 e. The molecule has 2 saturated heterocycles. The summed E-state index contributed by atoms with van der Waals surface area (Å²) in [6.07, 6.45) is 2.97. The average molecular weight is 456 g/mol. The second-order valence-electron chi connectivity index (χ2n) is 9.18. The van der Waals surface area contributed by atoms with E-state index in [9.17, 15) is 13.2 Å². The summed E-state index contributed by atoms with van der Waals surface area (Å²) in [6.45, 7) is 10.0. The topological polar surface area (TPSA) is 69.7 Å². The van der Waals surface area contributed by atoms with Crippen molar-refractivity contribution in [2.45, 2.75) is 70.0 Å². The molecule has 2 fully saturated rings. The molecule has 2 heterocycles. The van der Waals surface area contributed by atoms with Gasteiger partial charge in [-0.05, 0) is 49.3 Å². The zero-order valence-electron chi connectivity index (χ0n) is 18.4. The molecule has 0 aliphatic carbocycles. The zero-order valence-corrected chi connectivity index (χ0v) is 20.0. The molecule has 1 spiro atoms. The SMILES string of the molecule is CC[C@H](C)CN1C(=O)[C@@H](CC(C)C)NC12CCN(S(=O)(=O)c1cccc(Cl)c1)CC2. The van der Waals surface area contributed by atoms with Gasteiger partial charge in [-0.2, -0.15) is 4.31 Å². The number of benzene rings is 1. The molecule has 1 aromatic rings. The van der Waals surface area contributed by atoms with E-state index < -0.39 is 15.7 Å². The van der Waals surface area contributed by atoms with Crippen LogP contribution in [0.2, 0.25) is 5.02 Å². The van der Waals surface area contributed by atoms with E-state index in [0.717, 1.165) is 12.8 Å². The normalized spacial score (nSPS) is 23.5. The summed E-state index contributed by atoms with van der Waals surface area (Å²) in [4.78, 5) is 15.4. The molecule has 2 atom stereocenters. The molecule has 0 saturated carbocycles. The Morgan fingerprint density at radius 2 is 1.90 bits per heavy atom. The standard InChI is InChI=1S/C22H34ClN3O3S/c1-5-17(4)15-26-21(27)20(13-16(2)3)24-22(26)9-11-25(12-10-22)30(28,29)19-8-6-7-18(23)14-19/h6-8,14,16-17,20,24H,5,9-13,15H2,1-4H3/t17-,20+/m0/s1. The maximum atomic E-state index is 13.2.